The molecule has 1 aromatic carbocycles. The zero-order chi connectivity index (χ0) is 28.5. The molecule has 2 aliphatic rings. The minimum absolute atomic E-state index is 0.202. The number of hydrogen-bond donors (Lipinski definition) is 3. The number of nitrogens with one attached hydrogen (secondary N) is 2. The first-order valence-electron chi connectivity index (χ1n) is 13.6. The van der Waals surface area contributed by atoms with Gasteiger partial charge >= 0.3 is 18.4 Å². The number of alkyl halides is 3. The number of ether oxygens (including phenoxy) is 2. The number of rotatable bonds is 14. The lowest BCUT2D eigenvalue weighted by molar-refractivity contribution is -0.274. The average molecular weight is 565 g/mol. The number of alkyl carbamates (subject to hydrolysis) is 1. The van der Waals surface area contributed by atoms with Crippen LogP contribution >= 0.6 is 0 Å². The van der Waals surface area contributed by atoms with E-state index in [1.165, 1.54) is 17.7 Å². The van der Waals surface area contributed by atoms with E-state index in [1.807, 2.05) is 0 Å². The van der Waals surface area contributed by atoms with Gasteiger partial charge < -0.3 is 30.1 Å². The van der Waals surface area contributed by atoms with Crippen molar-refractivity contribution in [3.8, 4) is 5.75 Å². The van der Waals surface area contributed by atoms with Gasteiger partial charge in [0.2, 0.25) is 0 Å². The van der Waals surface area contributed by atoms with Crippen LogP contribution in [0.1, 0.15) is 55.3 Å². The van der Waals surface area contributed by atoms with Gasteiger partial charge in [-0.05, 0) is 87.2 Å². The summed E-state index contributed by atoms with van der Waals surface area (Å²) in [6, 6.07) is 8.57. The summed E-state index contributed by atoms with van der Waals surface area (Å²) in [5, 5.41) is 15.3. The molecule has 0 spiro atoms. The smallest absolute Gasteiger partial charge is 0.480 e. The molecule has 1 fully saturated rings. The lowest BCUT2D eigenvalue weighted by Gasteiger charge is -2.24. The maximum absolute atomic E-state index is 12.4. The molecule has 1 atom stereocenters. The third kappa shape index (κ3) is 9.58. The zero-order valence-corrected chi connectivity index (χ0v) is 22.2. The summed E-state index contributed by atoms with van der Waals surface area (Å²) < 4.78 is 46.1. The summed E-state index contributed by atoms with van der Waals surface area (Å²) in [5.74, 6) is -0.619. The van der Waals surface area contributed by atoms with Crippen molar-refractivity contribution in [3.63, 3.8) is 0 Å². The minimum atomic E-state index is -4.84. The van der Waals surface area contributed by atoms with Crippen molar-refractivity contribution in [2.75, 3.05) is 25.0 Å². The number of carboxylic acids is 1. The molecular formula is C28H35F3N4O5. The Labute approximate surface area is 231 Å². The Balaban J connectivity index is 1.19. The normalized spacial score (nSPS) is 15.6. The Morgan fingerprint density at radius 3 is 2.75 bits per heavy atom. The highest BCUT2D eigenvalue weighted by Crippen LogP contribution is 2.28. The van der Waals surface area contributed by atoms with E-state index in [2.05, 4.69) is 32.4 Å². The molecule has 3 N–H and O–H groups in total. The van der Waals surface area contributed by atoms with Gasteiger partial charge in [0.25, 0.3) is 0 Å². The van der Waals surface area contributed by atoms with Gasteiger partial charge in [0, 0.05) is 24.8 Å². The maximum Gasteiger partial charge on any atom is 0.573 e. The van der Waals surface area contributed by atoms with Crippen LogP contribution in [0.25, 0.3) is 0 Å². The second kappa shape index (κ2) is 13.7. The molecule has 0 bridgehead atoms. The van der Waals surface area contributed by atoms with Gasteiger partial charge in [0.15, 0.2) is 0 Å². The van der Waals surface area contributed by atoms with Crippen LogP contribution in [0.15, 0.2) is 36.4 Å². The fourth-order valence-corrected chi connectivity index (χ4v) is 4.76. The third-order valence-electron chi connectivity index (χ3n) is 6.94. The number of nitrogens with zero attached hydrogens (tertiary/aromatic N) is 2. The minimum Gasteiger partial charge on any atom is -0.480 e. The second-order valence-electron chi connectivity index (χ2n) is 10.2. The van der Waals surface area contributed by atoms with Crippen LogP contribution in [0.4, 0.5) is 23.8 Å². The number of hydrogen-bond acceptors (Lipinski definition) is 7. The molecule has 0 radical (unpaired) electrons. The van der Waals surface area contributed by atoms with E-state index in [-0.39, 0.29) is 18.6 Å². The predicted molar refractivity (Wildman–Crippen MR) is 141 cm³/mol. The monoisotopic (exact) mass is 564 g/mol. The van der Waals surface area contributed by atoms with Gasteiger partial charge in [0.05, 0.1) is 0 Å². The van der Waals surface area contributed by atoms with Gasteiger partial charge in [0.1, 0.15) is 24.2 Å². The number of carbonyl (C=O) groups excluding carboxylic acids is 1. The van der Waals surface area contributed by atoms with Gasteiger partial charge in [-0.15, -0.1) is 13.2 Å². The Kier molecular flexibility index (Phi) is 10.1. The number of pyridine rings is 1. The molecule has 2 heterocycles. The lowest BCUT2D eigenvalue weighted by Crippen LogP contribution is -2.43. The molecule has 0 saturated heterocycles. The van der Waals surface area contributed by atoms with Crippen LogP contribution in [-0.4, -0.2) is 65.1 Å². The summed E-state index contributed by atoms with van der Waals surface area (Å²) in [5.41, 5.74) is 2.61. The second-order valence-corrected chi connectivity index (χ2v) is 10.2. The van der Waals surface area contributed by atoms with E-state index >= 15 is 0 Å². The molecule has 218 valence electrons. The molecule has 1 aromatic heterocycles. The highest BCUT2D eigenvalue weighted by Gasteiger charge is 2.32. The van der Waals surface area contributed by atoms with E-state index in [0.29, 0.717) is 12.6 Å². The number of fused-ring (bicyclic) bond motifs is 1. The van der Waals surface area contributed by atoms with Crippen LogP contribution in [0.3, 0.4) is 0 Å². The molecule has 1 aliphatic carbocycles. The highest BCUT2D eigenvalue weighted by atomic mass is 19.4. The number of unbranched alkanes of at least 4 members (excludes halogenated alkanes) is 1. The van der Waals surface area contributed by atoms with E-state index < -0.39 is 30.2 Å². The average Bonchev–Trinajstić information content (AvgIpc) is 3.75. The first-order chi connectivity index (χ1) is 19.2. The number of carbonyl (C=O) groups is 2. The van der Waals surface area contributed by atoms with E-state index in [9.17, 15) is 27.9 Å². The zero-order valence-electron chi connectivity index (χ0n) is 22.2. The number of benzene rings is 1. The summed E-state index contributed by atoms with van der Waals surface area (Å²) in [4.78, 5) is 31.0. The maximum atomic E-state index is 12.4. The van der Waals surface area contributed by atoms with E-state index in [0.717, 1.165) is 81.7 Å². The van der Waals surface area contributed by atoms with Crippen molar-refractivity contribution in [1.82, 2.24) is 15.2 Å². The number of anilines is 1. The lowest BCUT2D eigenvalue weighted by atomic mass is 10.1. The Hall–Kier alpha value is -3.54. The number of aliphatic carboxylic acids is 1. The fourth-order valence-electron chi connectivity index (χ4n) is 4.76. The van der Waals surface area contributed by atoms with Crippen molar-refractivity contribution in [2.24, 2.45) is 0 Å². The van der Waals surface area contributed by atoms with Crippen LogP contribution < -0.4 is 15.4 Å². The molecule has 2 aromatic rings. The van der Waals surface area contributed by atoms with Gasteiger partial charge in [-0.3, -0.25) is 0 Å². The van der Waals surface area contributed by atoms with Gasteiger partial charge in [-0.1, -0.05) is 18.2 Å². The standard InChI is InChI=1S/C28H35F3N4O5/c29-28(30,31)40-23-8-3-5-19(17-23)18-39-27(38)34-24(26(36)37)13-16-35(22-11-12-22)15-2-1-7-21-10-9-20-6-4-14-32-25(20)33-21/h3,5,8-10,17,22,24H,1-2,4,6-7,11-16,18H2,(H,32,33)(H,34,38)(H,36,37). The molecule has 4 rings (SSSR count). The summed E-state index contributed by atoms with van der Waals surface area (Å²) in [7, 11) is 0. The number of aromatic nitrogens is 1. The summed E-state index contributed by atoms with van der Waals surface area (Å²) >= 11 is 0. The fraction of sp³-hybridized carbons (Fsp3) is 0.536. The largest absolute Gasteiger partial charge is 0.573 e. The topological polar surface area (TPSA) is 113 Å². The van der Waals surface area contributed by atoms with Crippen molar-refractivity contribution in [3.05, 3.63) is 53.2 Å². The Morgan fingerprint density at radius 1 is 1.18 bits per heavy atom. The molecule has 1 aliphatic heterocycles. The Bertz CT molecular complexity index is 1160. The Morgan fingerprint density at radius 2 is 2.00 bits per heavy atom. The van der Waals surface area contributed by atoms with Crippen LogP contribution in [0.5, 0.6) is 5.75 Å². The number of amides is 1. The first kappa shape index (κ1) is 29.4. The molecule has 1 amide bonds. The first-order valence-corrected chi connectivity index (χ1v) is 13.6. The predicted octanol–water partition coefficient (Wildman–Crippen LogP) is 4.90. The molecular weight excluding hydrogens is 529 g/mol. The highest BCUT2D eigenvalue weighted by molar-refractivity contribution is 5.79. The molecule has 9 nitrogen and oxygen atoms in total. The van der Waals surface area contributed by atoms with E-state index in [4.69, 9.17) is 9.72 Å². The summed E-state index contributed by atoms with van der Waals surface area (Å²) in [6.07, 6.45) is 1.54. The number of aryl methyl sites for hydroxylation is 2. The third-order valence-corrected chi connectivity index (χ3v) is 6.94. The summed E-state index contributed by atoms with van der Waals surface area (Å²) in [6.45, 7) is 1.97. The molecule has 1 unspecified atom stereocenters. The van der Waals surface area contributed by atoms with Crippen molar-refractivity contribution < 1.29 is 37.3 Å². The number of carboxylic acid groups (broad SMARTS) is 1. The van der Waals surface area contributed by atoms with Crippen molar-refractivity contribution in [1.29, 1.82) is 0 Å². The molecule has 40 heavy (non-hydrogen) atoms. The van der Waals surface area contributed by atoms with Gasteiger partial charge in [-0.25, -0.2) is 14.6 Å². The van der Waals surface area contributed by atoms with Crippen LogP contribution in [-0.2, 0) is 29.0 Å². The van der Waals surface area contributed by atoms with E-state index in [1.54, 1.807) is 0 Å². The SMILES string of the molecule is O=C(NC(CCN(CCCCc1ccc2c(n1)NCCC2)C1CC1)C(=O)O)OCc1cccc(OC(F)(F)F)c1. The van der Waals surface area contributed by atoms with Crippen LogP contribution in [0, 0.1) is 0 Å². The van der Waals surface area contributed by atoms with Crippen molar-refractivity contribution >= 4 is 17.9 Å². The van der Waals surface area contributed by atoms with Crippen molar-refractivity contribution in [2.45, 2.75) is 76.4 Å². The van der Waals surface area contributed by atoms with Gasteiger partial charge in [-0.2, -0.15) is 0 Å². The number of halogens is 3. The molecule has 12 heteroatoms. The molecule has 1 saturated carbocycles. The quantitative estimate of drug-likeness (QED) is 0.278. The van der Waals surface area contributed by atoms with Crippen LogP contribution in [0.2, 0.25) is 0 Å².